The Kier molecular flexibility index (Phi) is 6.13. The van der Waals surface area contributed by atoms with E-state index in [1.807, 2.05) is 6.92 Å². The number of hydrogen-bond acceptors (Lipinski definition) is 2. The molecule has 1 amide bonds. The Hall–Kier alpha value is -0.570. The molecule has 0 spiro atoms. The fraction of sp³-hybridized carbons (Fsp3) is 0.933. The van der Waals surface area contributed by atoms with Crippen LogP contribution in [0.3, 0.4) is 0 Å². The summed E-state index contributed by atoms with van der Waals surface area (Å²) < 4.78 is 0. The number of rotatable bonds is 6. The standard InChI is InChI=1S/C15H29NO2/c1-4-12(10-17)14(18)16-11-15(2,3)13-8-6-5-7-9-13/h12-13,17H,4-11H2,1-3H3,(H,16,18). The number of hydrogen-bond donors (Lipinski definition) is 2. The maximum Gasteiger partial charge on any atom is 0.225 e. The third kappa shape index (κ3) is 4.27. The minimum atomic E-state index is -0.243. The Morgan fingerprint density at radius 3 is 2.44 bits per heavy atom. The first-order chi connectivity index (χ1) is 8.51. The Morgan fingerprint density at radius 1 is 1.33 bits per heavy atom. The van der Waals surface area contributed by atoms with Crippen molar-refractivity contribution in [3.8, 4) is 0 Å². The van der Waals surface area contributed by atoms with Crippen LogP contribution in [0.4, 0.5) is 0 Å². The zero-order valence-corrected chi connectivity index (χ0v) is 12.2. The summed E-state index contributed by atoms with van der Waals surface area (Å²) in [4.78, 5) is 11.9. The molecule has 3 nitrogen and oxygen atoms in total. The molecule has 18 heavy (non-hydrogen) atoms. The van der Waals surface area contributed by atoms with Gasteiger partial charge >= 0.3 is 0 Å². The molecule has 106 valence electrons. The van der Waals surface area contributed by atoms with Crippen molar-refractivity contribution in [1.82, 2.24) is 5.32 Å². The fourth-order valence-corrected chi connectivity index (χ4v) is 2.89. The van der Waals surface area contributed by atoms with Crippen molar-refractivity contribution < 1.29 is 9.90 Å². The summed E-state index contributed by atoms with van der Waals surface area (Å²) in [6.45, 7) is 7.12. The van der Waals surface area contributed by atoms with E-state index in [9.17, 15) is 4.79 Å². The van der Waals surface area contributed by atoms with Gasteiger partial charge < -0.3 is 10.4 Å². The smallest absolute Gasteiger partial charge is 0.225 e. The van der Waals surface area contributed by atoms with Gasteiger partial charge in [-0.1, -0.05) is 40.0 Å². The van der Waals surface area contributed by atoms with Crippen LogP contribution in [0.5, 0.6) is 0 Å². The number of aliphatic hydroxyl groups is 1. The molecule has 0 aromatic rings. The molecule has 1 aliphatic rings. The van der Waals surface area contributed by atoms with Crippen molar-refractivity contribution in [1.29, 1.82) is 0 Å². The molecule has 2 N–H and O–H groups in total. The predicted molar refractivity (Wildman–Crippen MR) is 74.2 cm³/mol. The van der Waals surface area contributed by atoms with Gasteiger partial charge in [-0.3, -0.25) is 4.79 Å². The lowest BCUT2D eigenvalue weighted by atomic mass is 9.71. The summed E-state index contributed by atoms with van der Waals surface area (Å²) in [7, 11) is 0. The maximum atomic E-state index is 11.9. The minimum absolute atomic E-state index is 0.00360. The van der Waals surface area contributed by atoms with Crippen LogP contribution in [-0.4, -0.2) is 24.2 Å². The van der Waals surface area contributed by atoms with Crippen LogP contribution in [0.15, 0.2) is 0 Å². The van der Waals surface area contributed by atoms with E-state index in [1.54, 1.807) is 0 Å². The van der Waals surface area contributed by atoms with E-state index in [2.05, 4.69) is 19.2 Å². The average molecular weight is 255 g/mol. The summed E-state index contributed by atoms with van der Waals surface area (Å²) in [5, 5.41) is 12.1. The molecule has 0 aromatic heterocycles. The van der Waals surface area contributed by atoms with Gasteiger partial charge in [-0.2, -0.15) is 0 Å². The molecule has 3 heteroatoms. The van der Waals surface area contributed by atoms with E-state index in [-0.39, 0.29) is 23.8 Å². The van der Waals surface area contributed by atoms with Crippen molar-refractivity contribution in [3.63, 3.8) is 0 Å². The molecule has 1 rings (SSSR count). The van der Waals surface area contributed by atoms with Gasteiger partial charge in [0.25, 0.3) is 0 Å². The first kappa shape index (κ1) is 15.5. The average Bonchev–Trinajstić information content (AvgIpc) is 2.39. The van der Waals surface area contributed by atoms with Crippen molar-refractivity contribution in [2.24, 2.45) is 17.3 Å². The van der Waals surface area contributed by atoms with E-state index in [0.717, 1.165) is 12.5 Å². The Bertz CT molecular complexity index is 253. The summed E-state index contributed by atoms with van der Waals surface area (Å²) in [5.74, 6) is 0.483. The molecule has 0 bridgehead atoms. The van der Waals surface area contributed by atoms with Crippen LogP contribution in [0, 0.1) is 17.3 Å². The molecule has 0 heterocycles. The third-order valence-electron chi connectivity index (χ3n) is 4.51. The third-order valence-corrected chi connectivity index (χ3v) is 4.51. The normalized spacial score (nSPS) is 19.6. The maximum absolute atomic E-state index is 11.9. The first-order valence-corrected chi connectivity index (χ1v) is 7.39. The van der Waals surface area contributed by atoms with Crippen molar-refractivity contribution in [2.45, 2.75) is 59.3 Å². The van der Waals surface area contributed by atoms with Gasteiger partial charge in [0, 0.05) is 6.54 Å². The zero-order chi connectivity index (χ0) is 13.6. The number of aliphatic hydroxyl groups excluding tert-OH is 1. The van der Waals surface area contributed by atoms with E-state index in [0.29, 0.717) is 6.42 Å². The van der Waals surface area contributed by atoms with Gasteiger partial charge in [-0.25, -0.2) is 0 Å². The first-order valence-electron chi connectivity index (χ1n) is 7.39. The zero-order valence-electron chi connectivity index (χ0n) is 12.2. The van der Waals surface area contributed by atoms with Crippen LogP contribution in [0.25, 0.3) is 0 Å². The second-order valence-corrected chi connectivity index (χ2v) is 6.33. The molecule has 0 aromatic carbocycles. The summed E-state index contributed by atoms with van der Waals surface area (Å²) in [6, 6.07) is 0. The van der Waals surface area contributed by atoms with E-state index in [1.165, 1.54) is 32.1 Å². The quantitative estimate of drug-likeness (QED) is 0.766. The highest BCUT2D eigenvalue weighted by Gasteiger charge is 2.31. The largest absolute Gasteiger partial charge is 0.396 e. The van der Waals surface area contributed by atoms with E-state index in [4.69, 9.17) is 5.11 Å². The van der Waals surface area contributed by atoms with Crippen LogP contribution < -0.4 is 5.32 Å². The van der Waals surface area contributed by atoms with Crippen LogP contribution in [0.1, 0.15) is 59.3 Å². The second kappa shape index (κ2) is 7.13. The highest BCUT2D eigenvalue weighted by atomic mass is 16.3. The molecule has 1 atom stereocenters. The Labute approximate surface area is 111 Å². The highest BCUT2D eigenvalue weighted by Crippen LogP contribution is 2.37. The van der Waals surface area contributed by atoms with Gasteiger partial charge in [0.1, 0.15) is 0 Å². The van der Waals surface area contributed by atoms with E-state index >= 15 is 0 Å². The topological polar surface area (TPSA) is 49.3 Å². The summed E-state index contributed by atoms with van der Waals surface area (Å²) in [5.41, 5.74) is 0.170. The second-order valence-electron chi connectivity index (χ2n) is 6.33. The monoisotopic (exact) mass is 255 g/mol. The van der Waals surface area contributed by atoms with Crippen LogP contribution >= 0.6 is 0 Å². The molecule has 0 radical (unpaired) electrons. The summed E-state index contributed by atoms with van der Waals surface area (Å²) >= 11 is 0. The number of amides is 1. The minimum Gasteiger partial charge on any atom is -0.396 e. The van der Waals surface area contributed by atoms with E-state index < -0.39 is 0 Å². The van der Waals surface area contributed by atoms with Gasteiger partial charge in [0.05, 0.1) is 12.5 Å². The summed E-state index contributed by atoms with van der Waals surface area (Å²) in [6.07, 6.45) is 7.31. The van der Waals surface area contributed by atoms with Gasteiger partial charge in [-0.15, -0.1) is 0 Å². The molecular formula is C15H29NO2. The van der Waals surface area contributed by atoms with Crippen molar-refractivity contribution in [3.05, 3.63) is 0 Å². The fourth-order valence-electron chi connectivity index (χ4n) is 2.89. The molecule has 1 saturated carbocycles. The van der Waals surface area contributed by atoms with Crippen molar-refractivity contribution >= 4 is 5.91 Å². The van der Waals surface area contributed by atoms with Crippen LogP contribution in [-0.2, 0) is 4.79 Å². The molecule has 1 aliphatic carbocycles. The lowest BCUT2D eigenvalue weighted by molar-refractivity contribution is -0.127. The lowest BCUT2D eigenvalue weighted by Crippen LogP contribution is -2.42. The molecular weight excluding hydrogens is 226 g/mol. The number of nitrogens with one attached hydrogen (secondary N) is 1. The number of carbonyl (C=O) groups is 1. The van der Waals surface area contributed by atoms with Gasteiger partial charge in [0.15, 0.2) is 0 Å². The Morgan fingerprint density at radius 2 is 1.94 bits per heavy atom. The number of carbonyl (C=O) groups excluding carboxylic acids is 1. The Balaban J connectivity index is 2.42. The highest BCUT2D eigenvalue weighted by molar-refractivity contribution is 5.78. The van der Waals surface area contributed by atoms with Crippen LogP contribution in [0.2, 0.25) is 0 Å². The SMILES string of the molecule is CCC(CO)C(=O)NCC(C)(C)C1CCCCC1. The lowest BCUT2D eigenvalue weighted by Gasteiger charge is -2.37. The molecule has 0 aliphatic heterocycles. The van der Waals surface area contributed by atoms with Gasteiger partial charge in [-0.05, 0) is 30.6 Å². The predicted octanol–water partition coefficient (Wildman–Crippen LogP) is 2.73. The molecule has 0 saturated heterocycles. The van der Waals surface area contributed by atoms with Gasteiger partial charge in [0.2, 0.25) is 5.91 Å². The molecule has 1 unspecified atom stereocenters. The van der Waals surface area contributed by atoms with Crippen molar-refractivity contribution in [2.75, 3.05) is 13.2 Å². The molecule has 1 fully saturated rings.